The summed E-state index contributed by atoms with van der Waals surface area (Å²) >= 11 is 7.11. The summed E-state index contributed by atoms with van der Waals surface area (Å²) in [6.45, 7) is 6.08. The fraction of sp³-hybridized carbons (Fsp3) is 0.700. The number of hydrogen-bond acceptors (Lipinski definition) is 5. The van der Waals surface area contributed by atoms with Gasteiger partial charge in [-0.05, 0) is 25.4 Å². The Bertz CT molecular complexity index is 434. The molecule has 0 aromatic carbocycles. The fourth-order valence-electron chi connectivity index (χ4n) is 1.99. The molecule has 0 radical (unpaired) electrons. The van der Waals surface area contributed by atoms with Gasteiger partial charge in [-0.3, -0.25) is 9.69 Å². The molecule has 1 saturated heterocycles. The van der Waals surface area contributed by atoms with Crippen LogP contribution in [-0.4, -0.2) is 51.6 Å². The van der Waals surface area contributed by atoms with E-state index in [0.717, 1.165) is 18.1 Å². The zero-order chi connectivity index (χ0) is 12.6. The van der Waals surface area contributed by atoms with E-state index in [1.54, 1.807) is 4.90 Å². The van der Waals surface area contributed by atoms with Crippen LogP contribution >= 0.6 is 22.9 Å². The zero-order valence-electron chi connectivity index (χ0n) is 10.1. The Morgan fingerprint density at radius 3 is 2.71 bits per heavy atom. The highest BCUT2D eigenvalue weighted by molar-refractivity contribution is 7.15. The number of hydrogen-bond donors (Lipinski definition) is 0. The molecule has 1 amide bonds. The highest BCUT2D eigenvalue weighted by Gasteiger charge is 2.40. The van der Waals surface area contributed by atoms with Crippen LogP contribution in [-0.2, 0) is 11.3 Å². The molecule has 2 rings (SSSR count). The smallest absolute Gasteiger partial charge is 0.242 e. The molecule has 1 aromatic rings. The Kier molecular flexibility index (Phi) is 3.38. The van der Waals surface area contributed by atoms with E-state index in [0.29, 0.717) is 11.0 Å². The number of carbonyl (C=O) groups is 1. The number of rotatable bonds is 2. The van der Waals surface area contributed by atoms with Gasteiger partial charge in [0.2, 0.25) is 10.4 Å². The first-order valence-electron chi connectivity index (χ1n) is 5.40. The van der Waals surface area contributed by atoms with Crippen molar-refractivity contribution in [2.75, 3.05) is 20.1 Å². The largest absolute Gasteiger partial charge is 0.343 e. The Balaban J connectivity index is 2.13. The van der Waals surface area contributed by atoms with Crippen molar-refractivity contribution >= 4 is 28.8 Å². The van der Waals surface area contributed by atoms with Gasteiger partial charge in [0.25, 0.3) is 0 Å². The molecule has 1 aliphatic heterocycles. The normalized spacial score (nSPS) is 20.9. The summed E-state index contributed by atoms with van der Waals surface area (Å²) in [5.74, 6) is 0.138. The van der Waals surface area contributed by atoms with Gasteiger partial charge < -0.3 is 4.90 Å². The molecule has 17 heavy (non-hydrogen) atoms. The third-order valence-electron chi connectivity index (χ3n) is 3.13. The van der Waals surface area contributed by atoms with Crippen LogP contribution in [0.5, 0.6) is 0 Å². The molecule has 1 fully saturated rings. The van der Waals surface area contributed by atoms with Gasteiger partial charge in [0.05, 0.1) is 12.1 Å². The molecule has 7 heteroatoms. The van der Waals surface area contributed by atoms with Crippen LogP contribution in [0, 0.1) is 0 Å². The van der Waals surface area contributed by atoms with Crippen molar-refractivity contribution in [1.82, 2.24) is 20.0 Å². The topological polar surface area (TPSA) is 49.3 Å². The predicted octanol–water partition coefficient (Wildman–Crippen LogP) is 1.24. The van der Waals surface area contributed by atoms with Crippen molar-refractivity contribution in [3.8, 4) is 0 Å². The summed E-state index contributed by atoms with van der Waals surface area (Å²) in [7, 11) is 1.84. The average Bonchev–Trinajstić information content (AvgIpc) is 2.66. The summed E-state index contributed by atoms with van der Waals surface area (Å²) in [5, 5.41) is 8.61. The number of piperazine rings is 1. The molecule has 1 aromatic heterocycles. The molecular weight excluding hydrogens is 260 g/mol. The van der Waals surface area contributed by atoms with Crippen molar-refractivity contribution < 1.29 is 4.79 Å². The third kappa shape index (κ3) is 2.43. The Morgan fingerprint density at radius 2 is 2.12 bits per heavy atom. The maximum Gasteiger partial charge on any atom is 0.242 e. The molecule has 0 aliphatic carbocycles. The summed E-state index contributed by atoms with van der Waals surface area (Å²) in [5.41, 5.74) is -0.495. The first-order valence-corrected chi connectivity index (χ1v) is 6.59. The van der Waals surface area contributed by atoms with Gasteiger partial charge in [-0.25, -0.2) is 0 Å². The maximum absolute atomic E-state index is 12.1. The second-order valence-electron chi connectivity index (χ2n) is 4.66. The van der Waals surface area contributed by atoms with Gasteiger partial charge in [0.1, 0.15) is 5.01 Å². The lowest BCUT2D eigenvalue weighted by Gasteiger charge is -2.44. The number of nitrogens with zero attached hydrogens (tertiary/aromatic N) is 4. The van der Waals surface area contributed by atoms with Gasteiger partial charge in [-0.1, -0.05) is 11.3 Å². The first kappa shape index (κ1) is 12.7. The van der Waals surface area contributed by atoms with Crippen molar-refractivity contribution in [2.24, 2.45) is 0 Å². The van der Waals surface area contributed by atoms with E-state index in [2.05, 4.69) is 15.1 Å². The van der Waals surface area contributed by atoms with E-state index in [1.165, 1.54) is 11.3 Å². The Hall–Kier alpha value is -0.720. The van der Waals surface area contributed by atoms with Crippen LogP contribution in [0.15, 0.2) is 0 Å². The lowest BCUT2D eigenvalue weighted by molar-refractivity contribution is -0.147. The standard InChI is InChI=1S/C10H15ClN4OS/c1-10(2)8(16)14(3)4-5-15(10)6-7-12-13-9(11)17-7/h4-6H2,1-3H3. The van der Waals surface area contributed by atoms with Gasteiger partial charge in [0.15, 0.2) is 0 Å². The third-order valence-corrected chi connectivity index (χ3v) is 4.14. The summed E-state index contributed by atoms with van der Waals surface area (Å²) < 4.78 is 0.443. The first-order chi connectivity index (χ1) is 7.91. The highest BCUT2D eigenvalue weighted by atomic mass is 35.5. The van der Waals surface area contributed by atoms with Crippen molar-refractivity contribution in [3.63, 3.8) is 0 Å². The van der Waals surface area contributed by atoms with E-state index in [9.17, 15) is 4.79 Å². The summed E-state index contributed by atoms with van der Waals surface area (Å²) in [4.78, 5) is 16.0. The predicted molar refractivity (Wildman–Crippen MR) is 67.0 cm³/mol. The molecular formula is C10H15ClN4OS. The van der Waals surface area contributed by atoms with E-state index in [4.69, 9.17) is 11.6 Å². The van der Waals surface area contributed by atoms with Crippen LogP contribution in [0.2, 0.25) is 4.47 Å². The molecule has 94 valence electrons. The number of amides is 1. The summed E-state index contributed by atoms with van der Waals surface area (Å²) in [6.07, 6.45) is 0. The van der Waals surface area contributed by atoms with Crippen LogP contribution in [0.1, 0.15) is 18.9 Å². The molecule has 5 nitrogen and oxygen atoms in total. The minimum absolute atomic E-state index is 0.138. The molecule has 0 spiro atoms. The highest BCUT2D eigenvalue weighted by Crippen LogP contribution is 2.25. The van der Waals surface area contributed by atoms with Crippen LogP contribution < -0.4 is 0 Å². The minimum Gasteiger partial charge on any atom is -0.343 e. The summed E-state index contributed by atoms with van der Waals surface area (Å²) in [6, 6.07) is 0. The zero-order valence-corrected chi connectivity index (χ0v) is 11.7. The van der Waals surface area contributed by atoms with Gasteiger partial charge in [-0.15, -0.1) is 10.2 Å². The molecule has 2 heterocycles. The number of likely N-dealkylation sites (N-methyl/N-ethyl adjacent to an activating group) is 1. The molecule has 0 unspecified atom stereocenters. The molecule has 0 N–H and O–H groups in total. The van der Waals surface area contributed by atoms with Gasteiger partial charge in [0, 0.05) is 20.1 Å². The maximum atomic E-state index is 12.1. The monoisotopic (exact) mass is 274 g/mol. The molecule has 0 bridgehead atoms. The fourth-order valence-corrected chi connectivity index (χ4v) is 2.87. The van der Waals surface area contributed by atoms with E-state index >= 15 is 0 Å². The quantitative estimate of drug-likeness (QED) is 0.814. The van der Waals surface area contributed by atoms with Crippen molar-refractivity contribution in [3.05, 3.63) is 9.47 Å². The van der Waals surface area contributed by atoms with Crippen molar-refractivity contribution in [2.45, 2.75) is 25.9 Å². The Morgan fingerprint density at radius 1 is 1.41 bits per heavy atom. The average molecular weight is 275 g/mol. The molecule has 0 atom stereocenters. The Labute approximate surface area is 109 Å². The van der Waals surface area contributed by atoms with Gasteiger partial charge >= 0.3 is 0 Å². The van der Waals surface area contributed by atoms with E-state index in [1.807, 2.05) is 20.9 Å². The van der Waals surface area contributed by atoms with Crippen molar-refractivity contribution in [1.29, 1.82) is 0 Å². The number of halogens is 1. The molecule has 1 aliphatic rings. The lowest BCUT2D eigenvalue weighted by Crippen LogP contribution is -2.61. The van der Waals surface area contributed by atoms with Crippen LogP contribution in [0.25, 0.3) is 0 Å². The van der Waals surface area contributed by atoms with Gasteiger partial charge in [-0.2, -0.15) is 0 Å². The second-order valence-corrected chi connectivity index (χ2v) is 6.30. The van der Waals surface area contributed by atoms with E-state index < -0.39 is 5.54 Å². The lowest BCUT2D eigenvalue weighted by atomic mass is 9.98. The van der Waals surface area contributed by atoms with E-state index in [-0.39, 0.29) is 5.91 Å². The molecule has 0 saturated carbocycles. The number of carbonyl (C=O) groups excluding carboxylic acids is 1. The SMILES string of the molecule is CN1CCN(Cc2nnc(Cl)s2)C(C)(C)C1=O. The van der Waals surface area contributed by atoms with Crippen LogP contribution in [0.3, 0.4) is 0 Å². The number of aromatic nitrogens is 2. The minimum atomic E-state index is -0.495. The second kappa shape index (κ2) is 4.51. The van der Waals surface area contributed by atoms with Crippen LogP contribution in [0.4, 0.5) is 0 Å².